The van der Waals surface area contributed by atoms with E-state index in [0.29, 0.717) is 39.1 Å². The Balaban J connectivity index is 4.06. The van der Waals surface area contributed by atoms with Crippen LogP contribution in [-0.2, 0) is 19.1 Å². The van der Waals surface area contributed by atoms with Crippen LogP contribution in [0.15, 0.2) is 48.6 Å². The summed E-state index contributed by atoms with van der Waals surface area (Å²) in [6.45, 7) is 8.83. The molecule has 6 heteroatoms. The maximum absolute atomic E-state index is 12.5. The smallest absolute Gasteiger partial charge is 0.307 e. The fourth-order valence-corrected chi connectivity index (χ4v) is 6.65. The normalized spacial score (nSPS) is 12.2. The van der Waals surface area contributed by atoms with Gasteiger partial charge in [-0.15, -0.1) is 0 Å². The van der Waals surface area contributed by atoms with Crippen LogP contribution in [0.4, 0.5) is 0 Å². The molecule has 0 saturated carbocycles. The highest BCUT2D eigenvalue weighted by molar-refractivity contribution is 5.70. The second kappa shape index (κ2) is 45.5. The van der Waals surface area contributed by atoms with Crippen LogP contribution in [0.2, 0.25) is 0 Å². The third-order valence-corrected chi connectivity index (χ3v) is 10.3. The molecule has 0 aromatic rings. The van der Waals surface area contributed by atoms with Crippen molar-refractivity contribution in [2.75, 3.05) is 53.5 Å². The average Bonchev–Trinajstić information content (AvgIpc) is 3.19. The quantitative estimate of drug-likeness (QED) is 0.0349. The standard InChI is InChI=1S/C50H92N2O4/c1-5-7-9-11-13-15-17-19-21-23-25-27-29-31-35-39-47-55-49(53)41-45-52(44-38-34-33-37-43-51(3)4)46-42-50(54)56-48-40-36-32-30-28-26-24-22-20-18-16-14-12-10-8-6-2/h13-16,19-22H,5-12,17-18,23-48H2,1-4H3/b15-13-,16-14-,21-19-,22-20-. The second-order valence-electron chi connectivity index (χ2n) is 16.2. The molecule has 56 heavy (non-hydrogen) atoms. The number of carbonyl (C=O) groups excluding carboxylic acids is 2. The fraction of sp³-hybridized carbons (Fsp3) is 0.800. The van der Waals surface area contributed by atoms with E-state index in [-0.39, 0.29) is 11.9 Å². The third-order valence-electron chi connectivity index (χ3n) is 10.3. The van der Waals surface area contributed by atoms with Crippen LogP contribution < -0.4 is 0 Å². The molecular formula is C50H92N2O4. The molecule has 0 aliphatic rings. The van der Waals surface area contributed by atoms with E-state index in [1.807, 2.05) is 0 Å². The van der Waals surface area contributed by atoms with Gasteiger partial charge in [-0.25, -0.2) is 0 Å². The summed E-state index contributed by atoms with van der Waals surface area (Å²) < 4.78 is 11.2. The zero-order valence-corrected chi connectivity index (χ0v) is 37.6. The molecule has 0 saturated heterocycles. The summed E-state index contributed by atoms with van der Waals surface area (Å²) in [5, 5.41) is 0. The molecule has 0 amide bonds. The van der Waals surface area contributed by atoms with Crippen molar-refractivity contribution in [3.63, 3.8) is 0 Å². The summed E-state index contributed by atoms with van der Waals surface area (Å²) >= 11 is 0. The SMILES string of the molecule is CCCCC/C=C\C/C=C\CCCCCCCCOC(=O)CCN(CCCCCCN(C)C)CCC(=O)OCCCCCCCC/C=C\C/C=C\CCCCC. The molecule has 0 aromatic heterocycles. The first-order chi connectivity index (χ1) is 27.5. The minimum atomic E-state index is -0.122. The molecule has 0 aliphatic heterocycles. The summed E-state index contributed by atoms with van der Waals surface area (Å²) in [5.74, 6) is -0.243. The van der Waals surface area contributed by atoms with Crippen molar-refractivity contribution < 1.29 is 19.1 Å². The Morgan fingerprint density at radius 2 is 0.732 bits per heavy atom. The Hall–Kier alpha value is -2.18. The van der Waals surface area contributed by atoms with Crippen molar-refractivity contribution >= 4 is 11.9 Å². The van der Waals surface area contributed by atoms with Crippen LogP contribution in [0.25, 0.3) is 0 Å². The first-order valence-electron chi connectivity index (χ1n) is 23.8. The van der Waals surface area contributed by atoms with Crippen LogP contribution in [0.5, 0.6) is 0 Å². The van der Waals surface area contributed by atoms with Crippen molar-refractivity contribution in [3.05, 3.63) is 48.6 Å². The second-order valence-corrected chi connectivity index (χ2v) is 16.2. The Bertz CT molecular complexity index is 891. The van der Waals surface area contributed by atoms with E-state index in [1.165, 1.54) is 135 Å². The van der Waals surface area contributed by atoms with Gasteiger partial charge in [-0.05, 0) is 117 Å². The van der Waals surface area contributed by atoms with Gasteiger partial charge < -0.3 is 19.3 Å². The van der Waals surface area contributed by atoms with Crippen molar-refractivity contribution in [2.24, 2.45) is 0 Å². The number of hydrogen-bond donors (Lipinski definition) is 0. The Morgan fingerprint density at radius 1 is 0.393 bits per heavy atom. The van der Waals surface area contributed by atoms with E-state index in [2.05, 4.69) is 86.4 Å². The number of rotatable bonds is 43. The van der Waals surface area contributed by atoms with Crippen molar-refractivity contribution in [3.8, 4) is 0 Å². The van der Waals surface area contributed by atoms with E-state index >= 15 is 0 Å². The van der Waals surface area contributed by atoms with Crippen LogP contribution in [-0.4, -0.2) is 75.2 Å². The molecule has 0 aliphatic carbocycles. The number of carbonyl (C=O) groups is 2. The number of allylic oxidation sites excluding steroid dienone is 8. The van der Waals surface area contributed by atoms with Gasteiger partial charge in [0.2, 0.25) is 0 Å². The number of ether oxygens (including phenoxy) is 2. The van der Waals surface area contributed by atoms with Crippen LogP contribution in [0.1, 0.15) is 206 Å². The van der Waals surface area contributed by atoms with Gasteiger partial charge in [0.25, 0.3) is 0 Å². The Labute approximate surface area is 348 Å². The molecule has 0 atom stereocenters. The zero-order chi connectivity index (χ0) is 40.8. The highest BCUT2D eigenvalue weighted by Gasteiger charge is 2.12. The lowest BCUT2D eigenvalue weighted by Crippen LogP contribution is -2.30. The van der Waals surface area contributed by atoms with Crippen molar-refractivity contribution in [1.29, 1.82) is 0 Å². The minimum Gasteiger partial charge on any atom is -0.466 e. The first-order valence-corrected chi connectivity index (χ1v) is 23.8. The monoisotopic (exact) mass is 785 g/mol. The number of nitrogens with zero attached hydrogens (tertiary/aromatic N) is 2. The summed E-state index contributed by atoms with van der Waals surface area (Å²) in [4.78, 5) is 29.6. The molecule has 0 heterocycles. The molecule has 0 unspecified atom stereocenters. The first kappa shape index (κ1) is 53.8. The maximum Gasteiger partial charge on any atom is 0.307 e. The molecule has 0 aromatic carbocycles. The lowest BCUT2D eigenvalue weighted by molar-refractivity contribution is -0.144. The maximum atomic E-state index is 12.5. The molecule has 0 spiro atoms. The Morgan fingerprint density at radius 3 is 1.12 bits per heavy atom. The number of hydrogen-bond acceptors (Lipinski definition) is 6. The summed E-state index contributed by atoms with van der Waals surface area (Å²) in [6.07, 6.45) is 52.8. The number of esters is 2. The van der Waals surface area contributed by atoms with Crippen molar-refractivity contribution in [2.45, 2.75) is 206 Å². The molecule has 0 fully saturated rings. The average molecular weight is 785 g/mol. The van der Waals surface area contributed by atoms with E-state index in [0.717, 1.165) is 58.0 Å². The van der Waals surface area contributed by atoms with Gasteiger partial charge >= 0.3 is 11.9 Å². The summed E-state index contributed by atoms with van der Waals surface area (Å²) in [7, 11) is 4.24. The predicted molar refractivity (Wildman–Crippen MR) is 243 cm³/mol. The van der Waals surface area contributed by atoms with Gasteiger partial charge in [-0.2, -0.15) is 0 Å². The van der Waals surface area contributed by atoms with E-state index in [9.17, 15) is 9.59 Å². The summed E-state index contributed by atoms with van der Waals surface area (Å²) in [5.41, 5.74) is 0. The largest absolute Gasteiger partial charge is 0.466 e. The van der Waals surface area contributed by atoms with Gasteiger partial charge in [0.05, 0.1) is 26.1 Å². The topological polar surface area (TPSA) is 59.1 Å². The van der Waals surface area contributed by atoms with Gasteiger partial charge in [0, 0.05) is 13.1 Å². The van der Waals surface area contributed by atoms with E-state index in [4.69, 9.17) is 9.47 Å². The van der Waals surface area contributed by atoms with E-state index in [1.54, 1.807) is 0 Å². The Kier molecular flexibility index (Phi) is 43.7. The molecule has 0 N–H and O–H groups in total. The van der Waals surface area contributed by atoms with Gasteiger partial charge in [0.1, 0.15) is 0 Å². The van der Waals surface area contributed by atoms with Crippen LogP contribution >= 0.6 is 0 Å². The predicted octanol–water partition coefficient (Wildman–Crippen LogP) is 13.9. The lowest BCUT2D eigenvalue weighted by Gasteiger charge is -2.21. The molecule has 0 bridgehead atoms. The zero-order valence-electron chi connectivity index (χ0n) is 37.6. The fourth-order valence-electron chi connectivity index (χ4n) is 6.65. The highest BCUT2D eigenvalue weighted by atomic mass is 16.5. The molecular weight excluding hydrogens is 693 g/mol. The third kappa shape index (κ3) is 44.5. The van der Waals surface area contributed by atoms with Crippen molar-refractivity contribution in [1.82, 2.24) is 9.80 Å². The molecule has 0 radical (unpaired) electrons. The van der Waals surface area contributed by atoms with Crippen LogP contribution in [0.3, 0.4) is 0 Å². The molecule has 0 rings (SSSR count). The van der Waals surface area contributed by atoms with Gasteiger partial charge in [-0.1, -0.05) is 152 Å². The minimum absolute atomic E-state index is 0.122. The van der Waals surface area contributed by atoms with Gasteiger partial charge in [0.15, 0.2) is 0 Å². The van der Waals surface area contributed by atoms with E-state index < -0.39 is 0 Å². The highest BCUT2D eigenvalue weighted by Crippen LogP contribution is 2.11. The molecule has 6 nitrogen and oxygen atoms in total. The number of unbranched alkanes of at least 4 members (excludes halogenated alkanes) is 21. The molecule has 326 valence electrons. The summed E-state index contributed by atoms with van der Waals surface area (Å²) in [6, 6.07) is 0. The lowest BCUT2D eigenvalue weighted by atomic mass is 10.1. The van der Waals surface area contributed by atoms with Crippen LogP contribution in [0, 0.1) is 0 Å². The van der Waals surface area contributed by atoms with Gasteiger partial charge in [-0.3, -0.25) is 9.59 Å².